The van der Waals surface area contributed by atoms with Crippen LogP contribution in [0.15, 0.2) is 6.20 Å². The molecule has 16 heavy (non-hydrogen) atoms. The zero-order chi connectivity index (χ0) is 12.6. The molecule has 0 radical (unpaired) electrons. The minimum Gasteiger partial charge on any atom is -0.275 e. The van der Waals surface area contributed by atoms with Crippen molar-refractivity contribution in [3.63, 3.8) is 0 Å². The van der Waals surface area contributed by atoms with Gasteiger partial charge in [0.05, 0.1) is 12.3 Å². The molecule has 0 aliphatic rings. The molecule has 1 rings (SSSR count). The van der Waals surface area contributed by atoms with Crippen LogP contribution in [0.25, 0.3) is 0 Å². The van der Waals surface area contributed by atoms with E-state index in [-0.39, 0.29) is 5.56 Å². The number of aryl methyl sites for hydroxylation is 2. The number of hydrogen-bond donors (Lipinski definition) is 0. The Hall–Kier alpha value is -1.09. The highest BCUT2D eigenvalue weighted by atomic mass is 32.2. The average Bonchev–Trinajstić information content (AvgIpc) is 2.39. The lowest BCUT2D eigenvalue weighted by atomic mass is 10.3. The van der Waals surface area contributed by atoms with Crippen LogP contribution in [0.1, 0.15) is 11.3 Å². The third-order valence-electron chi connectivity index (χ3n) is 1.77. The van der Waals surface area contributed by atoms with Crippen molar-refractivity contribution in [3.05, 3.63) is 17.5 Å². The summed E-state index contributed by atoms with van der Waals surface area (Å²) < 4.78 is 62.1. The van der Waals surface area contributed by atoms with Gasteiger partial charge in [-0.25, -0.2) is 0 Å². The van der Waals surface area contributed by atoms with Crippen LogP contribution >= 0.6 is 0 Å². The van der Waals surface area contributed by atoms with Crippen LogP contribution in [0.3, 0.4) is 0 Å². The molecule has 0 spiro atoms. The number of nitrogens with zero attached hydrogens (tertiary/aromatic N) is 2. The van der Waals surface area contributed by atoms with Gasteiger partial charge in [-0.1, -0.05) is 0 Å². The predicted octanol–water partition coefficient (Wildman–Crippen LogP) is 1.09. The maximum absolute atomic E-state index is 11.9. The molecule has 0 N–H and O–H groups in total. The van der Waals surface area contributed by atoms with Gasteiger partial charge in [0.1, 0.15) is 0 Å². The molecule has 0 aliphatic carbocycles. The quantitative estimate of drug-likeness (QED) is 0.601. The van der Waals surface area contributed by atoms with Gasteiger partial charge in [0, 0.05) is 18.8 Å². The molecule has 9 heteroatoms. The standard InChI is InChI=1S/C7H9F3N2O3S/c1-5-6(3-12(2)11-5)4-15-16(13,14)7(8,9)10/h3H,4H2,1-2H3. The van der Waals surface area contributed by atoms with E-state index in [1.165, 1.54) is 10.9 Å². The molecule has 0 atom stereocenters. The molecule has 0 aromatic carbocycles. The van der Waals surface area contributed by atoms with E-state index in [1.54, 1.807) is 14.0 Å². The van der Waals surface area contributed by atoms with Crippen LogP contribution in [-0.2, 0) is 28.0 Å². The molecule has 0 saturated heterocycles. The Bertz CT molecular complexity index is 478. The van der Waals surface area contributed by atoms with Crippen molar-refractivity contribution in [2.45, 2.75) is 19.0 Å². The van der Waals surface area contributed by atoms with Crippen molar-refractivity contribution in [2.24, 2.45) is 7.05 Å². The molecule has 0 aliphatic heterocycles. The maximum Gasteiger partial charge on any atom is 0.523 e. The first-order valence-corrected chi connectivity index (χ1v) is 5.49. The van der Waals surface area contributed by atoms with Gasteiger partial charge < -0.3 is 0 Å². The Kier molecular flexibility index (Phi) is 3.29. The molecule has 5 nitrogen and oxygen atoms in total. The summed E-state index contributed by atoms with van der Waals surface area (Å²) >= 11 is 0. The molecule has 0 bridgehead atoms. The second-order valence-electron chi connectivity index (χ2n) is 3.08. The number of halogens is 3. The van der Waals surface area contributed by atoms with Gasteiger partial charge in [0.25, 0.3) is 0 Å². The Balaban J connectivity index is 2.77. The zero-order valence-electron chi connectivity index (χ0n) is 8.45. The Morgan fingerprint density at radius 1 is 1.50 bits per heavy atom. The van der Waals surface area contributed by atoms with Gasteiger partial charge in [0.15, 0.2) is 0 Å². The van der Waals surface area contributed by atoms with Gasteiger partial charge in [-0.15, -0.1) is 0 Å². The normalized spacial score (nSPS) is 13.1. The van der Waals surface area contributed by atoms with E-state index in [1.807, 2.05) is 0 Å². The van der Waals surface area contributed by atoms with Crippen LogP contribution in [0, 0.1) is 6.92 Å². The molecule has 0 amide bonds. The lowest BCUT2D eigenvalue weighted by Crippen LogP contribution is -2.25. The van der Waals surface area contributed by atoms with Gasteiger partial charge in [0.2, 0.25) is 0 Å². The van der Waals surface area contributed by atoms with E-state index >= 15 is 0 Å². The lowest BCUT2D eigenvalue weighted by Gasteiger charge is -2.07. The van der Waals surface area contributed by atoms with Crippen LogP contribution in [0.2, 0.25) is 0 Å². The molecule has 92 valence electrons. The Morgan fingerprint density at radius 3 is 2.44 bits per heavy atom. The first kappa shape index (κ1) is 13.0. The minimum absolute atomic E-state index is 0.287. The lowest BCUT2D eigenvalue weighted by molar-refractivity contribution is -0.0548. The van der Waals surface area contributed by atoms with Crippen LogP contribution in [-0.4, -0.2) is 23.7 Å². The fourth-order valence-corrected chi connectivity index (χ4v) is 1.41. The summed E-state index contributed by atoms with van der Waals surface area (Å²) in [5.41, 5.74) is -4.70. The SMILES string of the molecule is Cc1nn(C)cc1COS(=O)(=O)C(F)(F)F. The molecular formula is C7H9F3N2O3S. The van der Waals surface area contributed by atoms with E-state index in [2.05, 4.69) is 9.28 Å². The minimum atomic E-state index is -5.54. The van der Waals surface area contributed by atoms with E-state index in [0.29, 0.717) is 5.69 Å². The van der Waals surface area contributed by atoms with Gasteiger partial charge in [-0.2, -0.15) is 26.7 Å². The van der Waals surface area contributed by atoms with E-state index in [0.717, 1.165) is 0 Å². The van der Waals surface area contributed by atoms with Crippen molar-refractivity contribution in [3.8, 4) is 0 Å². The van der Waals surface area contributed by atoms with Crippen molar-refractivity contribution in [2.75, 3.05) is 0 Å². The number of alkyl halides is 3. The average molecular weight is 258 g/mol. The molecule has 0 unspecified atom stereocenters. The summed E-state index contributed by atoms with van der Waals surface area (Å²) in [5.74, 6) is 0. The Labute approximate surface area is 89.9 Å². The van der Waals surface area contributed by atoms with Crippen molar-refractivity contribution in [1.29, 1.82) is 0 Å². The van der Waals surface area contributed by atoms with Crippen LogP contribution in [0.5, 0.6) is 0 Å². The molecule has 1 aromatic heterocycles. The summed E-state index contributed by atoms with van der Waals surface area (Å²) in [5, 5.41) is 3.83. The van der Waals surface area contributed by atoms with E-state index < -0.39 is 22.2 Å². The fourth-order valence-electron chi connectivity index (χ4n) is 0.998. The smallest absolute Gasteiger partial charge is 0.275 e. The highest BCUT2D eigenvalue weighted by Gasteiger charge is 2.47. The third kappa shape index (κ3) is 2.73. The highest BCUT2D eigenvalue weighted by molar-refractivity contribution is 7.87. The maximum atomic E-state index is 11.9. The summed E-state index contributed by atoms with van der Waals surface area (Å²) in [7, 11) is -3.98. The molecule has 1 heterocycles. The molecule has 0 saturated carbocycles. The van der Waals surface area contributed by atoms with Crippen LogP contribution < -0.4 is 0 Å². The fraction of sp³-hybridized carbons (Fsp3) is 0.571. The summed E-state index contributed by atoms with van der Waals surface area (Å²) in [6.07, 6.45) is 1.39. The Morgan fingerprint density at radius 2 is 2.06 bits per heavy atom. The summed E-state index contributed by atoms with van der Waals surface area (Å²) in [6, 6.07) is 0. The number of rotatable bonds is 3. The number of aromatic nitrogens is 2. The van der Waals surface area contributed by atoms with Crippen molar-refractivity contribution >= 4 is 10.1 Å². The second-order valence-corrected chi connectivity index (χ2v) is 4.68. The van der Waals surface area contributed by atoms with Gasteiger partial charge >= 0.3 is 15.6 Å². The molecular weight excluding hydrogens is 249 g/mol. The van der Waals surface area contributed by atoms with E-state index in [9.17, 15) is 21.6 Å². The third-order valence-corrected chi connectivity index (χ3v) is 2.76. The van der Waals surface area contributed by atoms with Crippen molar-refractivity contribution in [1.82, 2.24) is 9.78 Å². The van der Waals surface area contributed by atoms with Gasteiger partial charge in [-0.05, 0) is 6.92 Å². The topological polar surface area (TPSA) is 61.2 Å². The first-order valence-electron chi connectivity index (χ1n) is 4.08. The van der Waals surface area contributed by atoms with E-state index in [4.69, 9.17) is 0 Å². The largest absolute Gasteiger partial charge is 0.523 e. The second kappa shape index (κ2) is 4.06. The number of hydrogen-bond acceptors (Lipinski definition) is 4. The first-order chi connectivity index (χ1) is 7.13. The predicted molar refractivity (Wildman–Crippen MR) is 47.7 cm³/mol. The summed E-state index contributed by atoms with van der Waals surface area (Å²) in [4.78, 5) is 0. The monoisotopic (exact) mass is 258 g/mol. The van der Waals surface area contributed by atoms with Gasteiger partial charge in [-0.3, -0.25) is 8.86 Å². The van der Waals surface area contributed by atoms with Crippen LogP contribution in [0.4, 0.5) is 13.2 Å². The zero-order valence-corrected chi connectivity index (χ0v) is 9.26. The molecule has 0 fully saturated rings. The summed E-state index contributed by atoms with van der Waals surface area (Å²) in [6.45, 7) is 0.862. The van der Waals surface area contributed by atoms with Crippen molar-refractivity contribution < 1.29 is 25.8 Å². The molecule has 1 aromatic rings. The highest BCUT2D eigenvalue weighted by Crippen LogP contribution is 2.25.